The molecular weight excluding hydrogens is 286 g/mol. The first-order chi connectivity index (χ1) is 10.2. The first-order valence-electron chi connectivity index (χ1n) is 7.52. The quantitative estimate of drug-likeness (QED) is 0.890. The van der Waals surface area contributed by atoms with Crippen LogP contribution in [0.5, 0.6) is 5.88 Å². The fourth-order valence-corrected chi connectivity index (χ4v) is 4.15. The van der Waals surface area contributed by atoms with Crippen LogP contribution >= 0.6 is 11.3 Å². The Balaban J connectivity index is 1.80. The number of ether oxygens (including phenoxy) is 1. The zero-order valence-electron chi connectivity index (χ0n) is 12.6. The molecule has 0 aliphatic heterocycles. The molecule has 2 unspecified atom stereocenters. The third-order valence-corrected chi connectivity index (χ3v) is 5.30. The normalized spacial score (nSPS) is 26.3. The highest BCUT2D eigenvalue weighted by Gasteiger charge is 2.34. The summed E-state index contributed by atoms with van der Waals surface area (Å²) in [5.74, 6) is 1.33. The van der Waals surface area contributed by atoms with Crippen molar-refractivity contribution in [3.8, 4) is 5.88 Å². The summed E-state index contributed by atoms with van der Waals surface area (Å²) in [4.78, 5) is 5.42. The SMILES string of the molecule is COc1nc2sccn2c1CNC1(CO)CCCC(C)C1. The molecule has 2 aromatic heterocycles. The zero-order chi connectivity index (χ0) is 14.9. The molecule has 0 radical (unpaired) electrons. The molecule has 2 aromatic rings. The lowest BCUT2D eigenvalue weighted by molar-refractivity contribution is 0.0976. The number of aliphatic hydroxyl groups excluding tert-OH is 1. The molecule has 1 fully saturated rings. The third kappa shape index (κ3) is 2.80. The average Bonchev–Trinajstić information content (AvgIpc) is 3.05. The van der Waals surface area contributed by atoms with Crippen molar-refractivity contribution in [2.45, 2.75) is 44.7 Å². The van der Waals surface area contributed by atoms with Gasteiger partial charge in [-0.2, -0.15) is 4.98 Å². The van der Waals surface area contributed by atoms with Gasteiger partial charge in [0.15, 0.2) is 4.96 Å². The van der Waals surface area contributed by atoms with Crippen molar-refractivity contribution in [3.05, 3.63) is 17.3 Å². The van der Waals surface area contributed by atoms with E-state index in [2.05, 4.69) is 21.6 Å². The van der Waals surface area contributed by atoms with Gasteiger partial charge >= 0.3 is 0 Å². The van der Waals surface area contributed by atoms with Crippen molar-refractivity contribution in [3.63, 3.8) is 0 Å². The monoisotopic (exact) mass is 309 g/mol. The van der Waals surface area contributed by atoms with Crippen LogP contribution in [-0.2, 0) is 6.54 Å². The van der Waals surface area contributed by atoms with Crippen LogP contribution < -0.4 is 10.1 Å². The summed E-state index contributed by atoms with van der Waals surface area (Å²) in [6.07, 6.45) is 6.50. The van der Waals surface area contributed by atoms with Crippen molar-refractivity contribution in [1.82, 2.24) is 14.7 Å². The van der Waals surface area contributed by atoms with Crippen LogP contribution in [0, 0.1) is 5.92 Å². The molecule has 1 aliphatic rings. The second kappa shape index (κ2) is 5.94. The maximum absolute atomic E-state index is 9.87. The summed E-state index contributed by atoms with van der Waals surface area (Å²) in [5, 5.41) is 15.5. The molecule has 2 atom stereocenters. The van der Waals surface area contributed by atoms with Gasteiger partial charge in [-0.05, 0) is 18.8 Å². The van der Waals surface area contributed by atoms with Crippen molar-refractivity contribution in [2.75, 3.05) is 13.7 Å². The fourth-order valence-electron chi connectivity index (χ4n) is 3.43. The Morgan fingerprint density at radius 1 is 1.62 bits per heavy atom. The topological polar surface area (TPSA) is 58.8 Å². The molecule has 1 saturated carbocycles. The number of hydrogen-bond donors (Lipinski definition) is 2. The van der Waals surface area contributed by atoms with Gasteiger partial charge in [-0.25, -0.2) is 0 Å². The van der Waals surface area contributed by atoms with Crippen molar-refractivity contribution in [2.24, 2.45) is 5.92 Å². The van der Waals surface area contributed by atoms with Gasteiger partial charge in [-0.15, -0.1) is 11.3 Å². The number of hydrogen-bond acceptors (Lipinski definition) is 5. The van der Waals surface area contributed by atoms with E-state index in [1.54, 1.807) is 18.4 Å². The average molecular weight is 309 g/mol. The number of nitrogens with zero attached hydrogens (tertiary/aromatic N) is 2. The Morgan fingerprint density at radius 2 is 2.48 bits per heavy atom. The van der Waals surface area contributed by atoms with Crippen LogP contribution in [0.3, 0.4) is 0 Å². The molecule has 6 heteroatoms. The molecule has 2 N–H and O–H groups in total. The smallest absolute Gasteiger partial charge is 0.237 e. The second-order valence-electron chi connectivity index (χ2n) is 6.12. The summed E-state index contributed by atoms with van der Waals surface area (Å²) in [6, 6.07) is 0. The van der Waals surface area contributed by atoms with Gasteiger partial charge in [0.25, 0.3) is 0 Å². The number of rotatable bonds is 5. The second-order valence-corrected chi connectivity index (χ2v) is 6.99. The maximum atomic E-state index is 9.87. The van der Waals surface area contributed by atoms with Crippen LogP contribution in [-0.4, -0.2) is 33.7 Å². The highest BCUT2D eigenvalue weighted by Crippen LogP contribution is 2.33. The Labute approximate surface area is 129 Å². The molecule has 5 nitrogen and oxygen atoms in total. The number of aromatic nitrogens is 2. The Bertz CT molecular complexity index is 609. The zero-order valence-corrected chi connectivity index (χ0v) is 13.4. The minimum Gasteiger partial charge on any atom is -0.480 e. The molecule has 0 amide bonds. The number of fused-ring (bicyclic) bond motifs is 1. The molecule has 2 heterocycles. The molecule has 3 rings (SSSR count). The van der Waals surface area contributed by atoms with E-state index in [0.717, 1.165) is 23.5 Å². The molecule has 0 aromatic carbocycles. The highest BCUT2D eigenvalue weighted by molar-refractivity contribution is 7.15. The number of methoxy groups -OCH3 is 1. The molecule has 0 saturated heterocycles. The van der Waals surface area contributed by atoms with E-state index in [-0.39, 0.29) is 12.1 Å². The molecule has 116 valence electrons. The largest absolute Gasteiger partial charge is 0.480 e. The first-order valence-corrected chi connectivity index (χ1v) is 8.40. The minimum atomic E-state index is -0.164. The minimum absolute atomic E-state index is 0.164. The van der Waals surface area contributed by atoms with Crippen LogP contribution in [0.15, 0.2) is 11.6 Å². The molecule has 21 heavy (non-hydrogen) atoms. The van der Waals surface area contributed by atoms with Gasteiger partial charge < -0.3 is 15.2 Å². The number of aliphatic hydroxyl groups is 1. The number of thiazole rings is 1. The first kappa shape index (κ1) is 14.8. The highest BCUT2D eigenvalue weighted by atomic mass is 32.1. The summed E-state index contributed by atoms with van der Waals surface area (Å²) in [6.45, 7) is 3.11. The summed E-state index contributed by atoms with van der Waals surface area (Å²) < 4.78 is 7.45. The molecule has 0 spiro atoms. The van der Waals surface area contributed by atoms with Gasteiger partial charge in [-0.1, -0.05) is 19.8 Å². The Hall–Kier alpha value is -1.11. The summed E-state index contributed by atoms with van der Waals surface area (Å²) in [5.41, 5.74) is 0.864. The fraction of sp³-hybridized carbons (Fsp3) is 0.667. The standard InChI is InChI=1S/C15H23N3O2S/c1-11-4-3-5-15(8-11,10-19)16-9-12-13(20-2)17-14-18(12)6-7-21-14/h6-7,11,16,19H,3-5,8-10H2,1-2H3. The molecular formula is C15H23N3O2S. The van der Waals surface area contributed by atoms with Crippen LogP contribution in [0.4, 0.5) is 0 Å². The molecule has 0 bridgehead atoms. The lowest BCUT2D eigenvalue weighted by atomic mass is 9.77. The lowest BCUT2D eigenvalue weighted by Gasteiger charge is -2.39. The van der Waals surface area contributed by atoms with Crippen molar-refractivity contribution in [1.29, 1.82) is 0 Å². The van der Waals surface area contributed by atoms with Gasteiger partial charge in [0.05, 0.1) is 13.7 Å². The van der Waals surface area contributed by atoms with Gasteiger partial charge in [0.1, 0.15) is 5.69 Å². The number of imidazole rings is 1. The van der Waals surface area contributed by atoms with E-state index < -0.39 is 0 Å². The van der Waals surface area contributed by atoms with Crippen LogP contribution in [0.2, 0.25) is 0 Å². The van der Waals surface area contributed by atoms with Crippen LogP contribution in [0.1, 0.15) is 38.3 Å². The summed E-state index contributed by atoms with van der Waals surface area (Å²) in [7, 11) is 1.65. The van der Waals surface area contributed by atoms with E-state index in [4.69, 9.17) is 4.74 Å². The third-order valence-electron chi connectivity index (χ3n) is 4.54. The van der Waals surface area contributed by atoms with Gasteiger partial charge in [-0.3, -0.25) is 4.40 Å². The predicted molar refractivity (Wildman–Crippen MR) is 83.9 cm³/mol. The van der Waals surface area contributed by atoms with Crippen molar-refractivity contribution >= 4 is 16.3 Å². The predicted octanol–water partition coefficient (Wildman–Crippen LogP) is 2.44. The van der Waals surface area contributed by atoms with Gasteiger partial charge in [0.2, 0.25) is 5.88 Å². The lowest BCUT2D eigenvalue weighted by Crippen LogP contribution is -2.51. The Morgan fingerprint density at radius 3 is 3.19 bits per heavy atom. The van der Waals surface area contributed by atoms with E-state index >= 15 is 0 Å². The molecule has 1 aliphatic carbocycles. The van der Waals surface area contributed by atoms with Crippen molar-refractivity contribution < 1.29 is 9.84 Å². The van der Waals surface area contributed by atoms with E-state index in [1.165, 1.54) is 12.8 Å². The Kier molecular flexibility index (Phi) is 4.19. The summed E-state index contributed by atoms with van der Waals surface area (Å²) >= 11 is 1.60. The van der Waals surface area contributed by atoms with E-state index in [0.29, 0.717) is 18.3 Å². The number of nitrogens with one attached hydrogen (secondary N) is 1. The van der Waals surface area contributed by atoms with Crippen LogP contribution in [0.25, 0.3) is 4.96 Å². The van der Waals surface area contributed by atoms with Gasteiger partial charge in [0, 0.05) is 23.7 Å². The van der Waals surface area contributed by atoms with E-state index in [9.17, 15) is 5.11 Å². The maximum Gasteiger partial charge on any atom is 0.237 e. The van der Waals surface area contributed by atoms with E-state index in [1.807, 2.05) is 11.6 Å².